The summed E-state index contributed by atoms with van der Waals surface area (Å²) in [5.41, 5.74) is 2.11. The fourth-order valence-electron chi connectivity index (χ4n) is 3.26. The van der Waals surface area contributed by atoms with E-state index in [1.54, 1.807) is 31.4 Å². The Kier molecular flexibility index (Phi) is 8.26. The number of anilines is 1. The zero-order chi connectivity index (χ0) is 23.8. The lowest BCUT2D eigenvalue weighted by Crippen LogP contribution is -2.29. The second-order valence-electron chi connectivity index (χ2n) is 7.29. The van der Waals surface area contributed by atoms with Crippen molar-refractivity contribution in [3.63, 3.8) is 0 Å². The summed E-state index contributed by atoms with van der Waals surface area (Å²) in [6.07, 6.45) is 1.72. The topological polar surface area (TPSA) is 98.1 Å². The number of rotatable bonds is 10. The Balaban J connectivity index is 1.68. The van der Waals surface area contributed by atoms with Crippen molar-refractivity contribution >= 4 is 29.3 Å². The largest absolute Gasteiger partial charge is 0.495 e. The molecule has 0 saturated heterocycles. The number of amides is 2. The van der Waals surface area contributed by atoms with Gasteiger partial charge in [-0.25, -0.2) is 0 Å². The molecule has 2 amide bonds. The highest BCUT2D eigenvalue weighted by Gasteiger charge is 2.21. The maximum Gasteiger partial charge on any atom is 0.252 e. The average Bonchev–Trinajstić information content (AvgIpc) is 3.21. The summed E-state index contributed by atoms with van der Waals surface area (Å²) in [6, 6.07) is 14.2. The lowest BCUT2D eigenvalue weighted by atomic mass is 10.1. The number of nitrogens with zero attached hydrogens (tertiary/aromatic N) is 3. The summed E-state index contributed by atoms with van der Waals surface area (Å²) < 4.78 is 7.11. The van der Waals surface area contributed by atoms with Gasteiger partial charge in [0.05, 0.1) is 24.6 Å². The number of nitrogens with one attached hydrogen (secondary N) is 2. The van der Waals surface area contributed by atoms with Gasteiger partial charge in [-0.15, -0.1) is 16.8 Å². The third-order valence-electron chi connectivity index (χ3n) is 4.90. The van der Waals surface area contributed by atoms with Crippen LogP contribution in [0.15, 0.2) is 66.3 Å². The zero-order valence-corrected chi connectivity index (χ0v) is 19.7. The Morgan fingerprint density at radius 2 is 1.91 bits per heavy atom. The van der Waals surface area contributed by atoms with Gasteiger partial charge >= 0.3 is 0 Å². The quantitative estimate of drug-likeness (QED) is 0.347. The molecule has 172 valence electrons. The first-order valence-corrected chi connectivity index (χ1v) is 11.4. The number of para-hydroxylation sites is 2. The van der Waals surface area contributed by atoms with Crippen LogP contribution in [0.25, 0.3) is 0 Å². The number of allylic oxidation sites excluding steroid dienone is 1. The first-order chi connectivity index (χ1) is 15.9. The van der Waals surface area contributed by atoms with Crippen molar-refractivity contribution in [3.8, 4) is 5.75 Å². The summed E-state index contributed by atoms with van der Waals surface area (Å²) in [5.74, 6) is 0.937. The number of methoxy groups -OCH3 is 1. The van der Waals surface area contributed by atoms with E-state index in [0.717, 1.165) is 5.56 Å². The van der Waals surface area contributed by atoms with Gasteiger partial charge in [-0.3, -0.25) is 9.59 Å². The molecule has 0 aliphatic heterocycles. The van der Waals surface area contributed by atoms with E-state index in [1.807, 2.05) is 48.7 Å². The van der Waals surface area contributed by atoms with Crippen LogP contribution in [0.2, 0.25) is 0 Å². The molecule has 2 aromatic carbocycles. The zero-order valence-electron chi connectivity index (χ0n) is 18.9. The third-order valence-corrected chi connectivity index (χ3v) is 5.86. The predicted molar refractivity (Wildman–Crippen MR) is 130 cm³/mol. The Labute approximate surface area is 197 Å². The van der Waals surface area contributed by atoms with Crippen LogP contribution in [0.5, 0.6) is 5.75 Å². The number of aryl methyl sites for hydroxylation is 1. The maximum absolute atomic E-state index is 12.7. The summed E-state index contributed by atoms with van der Waals surface area (Å²) in [4.78, 5) is 25.2. The molecular formula is C24H27N5O3S. The summed E-state index contributed by atoms with van der Waals surface area (Å²) in [6.45, 7) is 7.99. The smallest absolute Gasteiger partial charge is 0.252 e. The van der Waals surface area contributed by atoms with Crippen LogP contribution < -0.4 is 15.4 Å². The molecule has 3 aromatic rings. The average molecular weight is 466 g/mol. The lowest BCUT2D eigenvalue weighted by molar-refractivity contribution is -0.113. The number of aromatic nitrogens is 3. The van der Waals surface area contributed by atoms with Crippen LogP contribution in [0.4, 0.5) is 5.69 Å². The highest BCUT2D eigenvalue weighted by atomic mass is 32.2. The number of thioether (sulfide) groups is 1. The van der Waals surface area contributed by atoms with Crippen LogP contribution in [-0.2, 0) is 11.3 Å². The molecule has 0 saturated carbocycles. The molecule has 0 bridgehead atoms. The monoisotopic (exact) mass is 465 g/mol. The lowest BCUT2D eigenvalue weighted by Gasteiger charge is -2.16. The van der Waals surface area contributed by atoms with E-state index in [2.05, 4.69) is 27.4 Å². The molecule has 0 radical (unpaired) electrons. The molecule has 8 nitrogen and oxygen atoms in total. The summed E-state index contributed by atoms with van der Waals surface area (Å²) in [7, 11) is 1.55. The van der Waals surface area contributed by atoms with Gasteiger partial charge in [-0.05, 0) is 37.6 Å². The number of carbonyl (C=O) groups is 2. The van der Waals surface area contributed by atoms with Gasteiger partial charge in [0.25, 0.3) is 5.91 Å². The van der Waals surface area contributed by atoms with Crippen molar-refractivity contribution < 1.29 is 14.3 Å². The molecular weight excluding hydrogens is 438 g/mol. The number of hydrogen-bond acceptors (Lipinski definition) is 6. The second-order valence-corrected chi connectivity index (χ2v) is 8.23. The first-order valence-electron chi connectivity index (χ1n) is 10.4. The molecule has 1 atom stereocenters. The van der Waals surface area contributed by atoms with Gasteiger partial charge in [0, 0.05) is 12.1 Å². The Hall–Kier alpha value is -3.59. The molecule has 0 fully saturated rings. The highest BCUT2D eigenvalue weighted by molar-refractivity contribution is 7.99. The normalized spacial score (nSPS) is 11.5. The minimum Gasteiger partial charge on any atom is -0.495 e. The molecule has 1 heterocycles. The molecule has 9 heteroatoms. The van der Waals surface area contributed by atoms with E-state index in [1.165, 1.54) is 11.8 Å². The Morgan fingerprint density at radius 3 is 2.64 bits per heavy atom. The Bertz CT molecular complexity index is 1140. The van der Waals surface area contributed by atoms with Crippen molar-refractivity contribution in [1.82, 2.24) is 20.1 Å². The van der Waals surface area contributed by atoms with E-state index in [-0.39, 0.29) is 23.6 Å². The third kappa shape index (κ3) is 6.01. The number of ether oxygens (including phenoxy) is 1. The molecule has 33 heavy (non-hydrogen) atoms. The molecule has 1 aromatic heterocycles. The molecule has 3 rings (SSSR count). The number of benzene rings is 2. The Morgan fingerprint density at radius 1 is 1.18 bits per heavy atom. The minimum absolute atomic E-state index is 0.136. The second kappa shape index (κ2) is 11.3. The van der Waals surface area contributed by atoms with Gasteiger partial charge < -0.3 is 19.9 Å². The van der Waals surface area contributed by atoms with Crippen LogP contribution in [0, 0.1) is 6.92 Å². The molecule has 0 aliphatic rings. The molecule has 1 unspecified atom stereocenters. The summed E-state index contributed by atoms with van der Waals surface area (Å²) in [5, 5.41) is 14.9. The minimum atomic E-state index is -0.388. The van der Waals surface area contributed by atoms with Crippen molar-refractivity contribution in [3.05, 3.63) is 78.1 Å². The van der Waals surface area contributed by atoms with Crippen molar-refractivity contribution in [1.29, 1.82) is 0 Å². The van der Waals surface area contributed by atoms with Gasteiger partial charge in [0.15, 0.2) is 11.0 Å². The molecule has 0 spiro atoms. The predicted octanol–water partition coefficient (Wildman–Crippen LogP) is 4.00. The SMILES string of the molecule is C=CCn1c(SCC(=O)Nc2ccccc2OC)nnc1C(C)NC(=O)c1ccccc1C. The van der Waals surface area contributed by atoms with Crippen molar-refractivity contribution in [2.24, 2.45) is 0 Å². The van der Waals surface area contributed by atoms with E-state index in [4.69, 9.17) is 4.74 Å². The fourth-order valence-corrected chi connectivity index (χ4v) is 4.01. The van der Waals surface area contributed by atoms with Gasteiger partial charge in [0.1, 0.15) is 5.75 Å². The van der Waals surface area contributed by atoms with Crippen LogP contribution in [0.1, 0.15) is 34.7 Å². The standard InChI is InChI=1S/C24H27N5O3S/c1-5-14-29-22(17(3)25-23(31)18-11-7-6-10-16(18)2)27-28-24(29)33-15-21(30)26-19-12-8-9-13-20(19)32-4/h5-13,17H,1,14-15H2,2-4H3,(H,25,31)(H,26,30). The number of carbonyl (C=O) groups excluding carboxylic acids is 2. The van der Waals surface area contributed by atoms with Crippen LogP contribution in [0.3, 0.4) is 0 Å². The van der Waals surface area contributed by atoms with Crippen LogP contribution in [-0.4, -0.2) is 39.4 Å². The van der Waals surface area contributed by atoms with Gasteiger partial charge in [0.2, 0.25) is 5.91 Å². The maximum atomic E-state index is 12.7. The van der Waals surface area contributed by atoms with E-state index < -0.39 is 0 Å². The summed E-state index contributed by atoms with van der Waals surface area (Å²) >= 11 is 1.26. The van der Waals surface area contributed by atoms with Crippen LogP contribution >= 0.6 is 11.8 Å². The van der Waals surface area contributed by atoms with Crippen molar-refractivity contribution in [2.45, 2.75) is 31.6 Å². The highest BCUT2D eigenvalue weighted by Crippen LogP contribution is 2.25. The van der Waals surface area contributed by atoms with Crippen molar-refractivity contribution in [2.75, 3.05) is 18.2 Å². The first kappa shape index (κ1) is 24.1. The van der Waals surface area contributed by atoms with E-state index >= 15 is 0 Å². The van der Waals surface area contributed by atoms with E-state index in [0.29, 0.717) is 34.5 Å². The number of hydrogen-bond donors (Lipinski definition) is 2. The van der Waals surface area contributed by atoms with E-state index in [9.17, 15) is 9.59 Å². The molecule has 2 N–H and O–H groups in total. The molecule has 0 aliphatic carbocycles. The fraction of sp³-hybridized carbons (Fsp3) is 0.250. The van der Waals surface area contributed by atoms with Gasteiger partial charge in [-0.2, -0.15) is 0 Å². The van der Waals surface area contributed by atoms with Gasteiger partial charge in [-0.1, -0.05) is 48.2 Å².